The van der Waals surface area contributed by atoms with Gasteiger partial charge in [-0.2, -0.15) is 4.98 Å². The highest BCUT2D eigenvalue weighted by Crippen LogP contribution is 2.22. The summed E-state index contributed by atoms with van der Waals surface area (Å²) in [6, 6.07) is 12.0. The van der Waals surface area contributed by atoms with E-state index in [9.17, 15) is 9.18 Å². The van der Waals surface area contributed by atoms with E-state index in [2.05, 4.69) is 30.6 Å². The van der Waals surface area contributed by atoms with Crippen LogP contribution in [0.15, 0.2) is 52.1 Å². The molecule has 32 heavy (non-hydrogen) atoms. The molecular formula is C22H21FN6O2S. The fourth-order valence-corrected chi connectivity index (χ4v) is 3.73. The summed E-state index contributed by atoms with van der Waals surface area (Å²) in [7, 11) is 0. The minimum Gasteiger partial charge on any atom is -0.339 e. The third-order valence-electron chi connectivity index (χ3n) is 4.71. The molecule has 10 heteroatoms. The van der Waals surface area contributed by atoms with Crippen LogP contribution in [0.4, 0.5) is 10.1 Å². The van der Waals surface area contributed by atoms with Crippen LogP contribution in [-0.2, 0) is 17.0 Å². The molecule has 8 nitrogen and oxygen atoms in total. The molecule has 0 fully saturated rings. The van der Waals surface area contributed by atoms with Gasteiger partial charge in [-0.05, 0) is 37.1 Å². The summed E-state index contributed by atoms with van der Waals surface area (Å²) < 4.78 is 18.6. The summed E-state index contributed by atoms with van der Waals surface area (Å²) in [6.45, 7) is 3.92. The Kier molecular flexibility index (Phi) is 6.60. The van der Waals surface area contributed by atoms with Crippen LogP contribution in [-0.4, -0.2) is 31.2 Å². The van der Waals surface area contributed by atoms with E-state index >= 15 is 0 Å². The van der Waals surface area contributed by atoms with E-state index in [1.165, 1.54) is 23.9 Å². The fraction of sp³-hybridized carbons (Fsp3) is 0.227. The van der Waals surface area contributed by atoms with E-state index in [4.69, 9.17) is 4.52 Å². The molecule has 0 saturated heterocycles. The van der Waals surface area contributed by atoms with Crippen molar-refractivity contribution in [1.29, 1.82) is 0 Å². The largest absolute Gasteiger partial charge is 0.339 e. The number of hydrogen-bond donors (Lipinski definition) is 2. The smallest absolute Gasteiger partial charge is 0.227 e. The molecule has 4 aromatic rings. The normalized spacial score (nSPS) is 11.0. The van der Waals surface area contributed by atoms with Crippen LogP contribution in [0, 0.1) is 19.7 Å². The topological polar surface area (TPSA) is 110 Å². The first kappa shape index (κ1) is 21.7. The Morgan fingerprint density at radius 1 is 1.16 bits per heavy atom. The zero-order valence-electron chi connectivity index (χ0n) is 17.6. The van der Waals surface area contributed by atoms with E-state index in [1.807, 2.05) is 32.0 Å². The highest BCUT2D eigenvalue weighted by atomic mass is 32.2. The molecule has 2 heterocycles. The highest BCUT2D eigenvalue weighted by Gasteiger charge is 2.13. The number of hydrogen-bond acceptors (Lipinski definition) is 7. The Hall–Kier alpha value is -3.53. The molecule has 0 bridgehead atoms. The molecule has 2 aromatic carbocycles. The van der Waals surface area contributed by atoms with E-state index in [0.717, 1.165) is 16.8 Å². The summed E-state index contributed by atoms with van der Waals surface area (Å²) in [6.07, 6.45) is 0.583. The number of para-hydroxylation sites is 1. The summed E-state index contributed by atoms with van der Waals surface area (Å²) in [5.41, 5.74) is 3.49. The SMILES string of the molecule is Cc1cccc(C)c1NC(=O)CCc1nc(CSc2n[nH]c(-c3cccc(F)c3)n2)no1. The molecule has 4 rings (SSSR count). The van der Waals surface area contributed by atoms with Gasteiger partial charge in [0.15, 0.2) is 11.6 Å². The lowest BCUT2D eigenvalue weighted by Crippen LogP contribution is -2.14. The molecule has 0 unspecified atom stereocenters. The quantitative estimate of drug-likeness (QED) is 0.380. The van der Waals surface area contributed by atoms with Crippen LogP contribution >= 0.6 is 11.8 Å². The van der Waals surface area contributed by atoms with Gasteiger partial charge in [0.05, 0.1) is 5.75 Å². The molecule has 0 saturated carbocycles. The Morgan fingerprint density at radius 2 is 1.94 bits per heavy atom. The second-order valence-corrected chi connectivity index (χ2v) is 8.13. The summed E-state index contributed by atoms with van der Waals surface area (Å²) in [5.74, 6) is 1.32. The number of nitrogens with zero attached hydrogens (tertiary/aromatic N) is 4. The number of benzene rings is 2. The number of aromatic amines is 1. The lowest BCUT2D eigenvalue weighted by atomic mass is 10.1. The number of nitrogens with one attached hydrogen (secondary N) is 2. The number of aryl methyl sites for hydroxylation is 3. The van der Waals surface area contributed by atoms with E-state index in [0.29, 0.717) is 40.4 Å². The van der Waals surface area contributed by atoms with Gasteiger partial charge in [-0.1, -0.05) is 47.3 Å². The maximum absolute atomic E-state index is 13.4. The summed E-state index contributed by atoms with van der Waals surface area (Å²) >= 11 is 1.32. The second kappa shape index (κ2) is 9.73. The van der Waals surface area contributed by atoms with Crippen molar-refractivity contribution in [3.63, 3.8) is 0 Å². The molecule has 0 aliphatic rings. The van der Waals surface area contributed by atoms with Gasteiger partial charge >= 0.3 is 0 Å². The Balaban J connectivity index is 1.28. The Labute approximate surface area is 188 Å². The van der Waals surface area contributed by atoms with Crippen molar-refractivity contribution >= 4 is 23.4 Å². The van der Waals surface area contributed by atoms with Gasteiger partial charge in [-0.3, -0.25) is 9.89 Å². The number of carbonyl (C=O) groups is 1. The number of anilines is 1. The minimum atomic E-state index is -0.338. The molecule has 1 amide bonds. The van der Waals surface area contributed by atoms with Crippen LogP contribution in [0.3, 0.4) is 0 Å². The highest BCUT2D eigenvalue weighted by molar-refractivity contribution is 7.98. The Morgan fingerprint density at radius 3 is 2.72 bits per heavy atom. The van der Waals surface area contributed by atoms with Crippen LogP contribution in [0.2, 0.25) is 0 Å². The first-order chi connectivity index (χ1) is 15.5. The van der Waals surface area contributed by atoms with Crippen molar-refractivity contribution in [3.05, 3.63) is 71.1 Å². The van der Waals surface area contributed by atoms with Gasteiger partial charge in [0.2, 0.25) is 17.0 Å². The van der Waals surface area contributed by atoms with Crippen molar-refractivity contribution < 1.29 is 13.7 Å². The number of amides is 1. The van der Waals surface area contributed by atoms with Crippen LogP contribution in [0.25, 0.3) is 11.4 Å². The zero-order chi connectivity index (χ0) is 22.5. The molecule has 164 valence electrons. The van der Waals surface area contributed by atoms with Crippen molar-refractivity contribution in [1.82, 2.24) is 25.3 Å². The minimum absolute atomic E-state index is 0.109. The summed E-state index contributed by atoms with van der Waals surface area (Å²) in [4.78, 5) is 21.0. The number of H-pyrrole nitrogens is 1. The third kappa shape index (κ3) is 5.38. The van der Waals surface area contributed by atoms with Gasteiger partial charge in [-0.15, -0.1) is 5.10 Å². The number of thioether (sulfide) groups is 1. The number of halogens is 1. The number of aromatic nitrogens is 5. The monoisotopic (exact) mass is 452 g/mol. The predicted molar refractivity (Wildman–Crippen MR) is 119 cm³/mol. The molecule has 0 aliphatic carbocycles. The first-order valence-electron chi connectivity index (χ1n) is 9.96. The number of carbonyl (C=O) groups excluding carboxylic acids is 1. The fourth-order valence-electron chi connectivity index (χ4n) is 3.09. The molecule has 2 aromatic heterocycles. The maximum Gasteiger partial charge on any atom is 0.227 e. The van der Waals surface area contributed by atoms with E-state index < -0.39 is 0 Å². The summed E-state index contributed by atoms with van der Waals surface area (Å²) in [5, 5.41) is 14.3. The van der Waals surface area contributed by atoms with Gasteiger partial charge in [0, 0.05) is 24.1 Å². The zero-order valence-corrected chi connectivity index (χ0v) is 18.4. The van der Waals surface area contributed by atoms with Gasteiger partial charge in [0.1, 0.15) is 5.82 Å². The Bertz CT molecular complexity index is 1220. The van der Waals surface area contributed by atoms with Crippen LogP contribution in [0.1, 0.15) is 29.3 Å². The van der Waals surface area contributed by atoms with Crippen molar-refractivity contribution in [3.8, 4) is 11.4 Å². The van der Waals surface area contributed by atoms with Gasteiger partial charge < -0.3 is 9.84 Å². The molecule has 0 aliphatic heterocycles. The van der Waals surface area contributed by atoms with Crippen molar-refractivity contribution in [2.75, 3.05) is 5.32 Å². The lowest BCUT2D eigenvalue weighted by molar-refractivity contribution is -0.116. The molecule has 0 spiro atoms. The molecule has 2 N–H and O–H groups in total. The van der Waals surface area contributed by atoms with Crippen molar-refractivity contribution in [2.24, 2.45) is 0 Å². The average molecular weight is 453 g/mol. The van der Waals surface area contributed by atoms with E-state index in [1.54, 1.807) is 12.1 Å². The molecule has 0 atom stereocenters. The van der Waals surface area contributed by atoms with E-state index in [-0.39, 0.29) is 18.1 Å². The first-order valence-corrected chi connectivity index (χ1v) is 10.9. The molecular weight excluding hydrogens is 431 g/mol. The predicted octanol–water partition coefficient (Wildman–Crippen LogP) is 4.47. The van der Waals surface area contributed by atoms with Crippen molar-refractivity contribution in [2.45, 2.75) is 37.6 Å². The third-order valence-corrected chi connectivity index (χ3v) is 5.56. The number of rotatable bonds is 8. The lowest BCUT2D eigenvalue weighted by Gasteiger charge is -2.10. The molecule has 0 radical (unpaired) electrons. The average Bonchev–Trinajstić information content (AvgIpc) is 3.43. The van der Waals surface area contributed by atoms with Crippen LogP contribution < -0.4 is 5.32 Å². The van der Waals surface area contributed by atoms with Gasteiger partial charge in [0.25, 0.3) is 0 Å². The van der Waals surface area contributed by atoms with Gasteiger partial charge in [-0.25, -0.2) is 9.37 Å². The van der Waals surface area contributed by atoms with Crippen LogP contribution in [0.5, 0.6) is 0 Å². The standard InChI is InChI=1S/C22H21FN6O2S/c1-13-5-3-6-14(2)20(13)25-18(30)9-10-19-24-17(29-31-19)12-32-22-26-21(27-28-22)15-7-4-8-16(23)11-15/h3-8,11H,9-10,12H2,1-2H3,(H,25,30)(H,26,27,28). The second-order valence-electron chi connectivity index (χ2n) is 7.18. The maximum atomic E-state index is 13.4.